The Morgan fingerprint density at radius 1 is 1.45 bits per heavy atom. The molecule has 0 spiro atoms. The molecule has 10 heteroatoms. The summed E-state index contributed by atoms with van der Waals surface area (Å²) in [6, 6.07) is 0. The smallest absolute Gasteiger partial charge is 0.368 e. The maximum Gasteiger partial charge on any atom is 0.368 e. The predicted molar refractivity (Wildman–Crippen MR) is 69.8 cm³/mol. The number of hydrogen-bond donors (Lipinski definition) is 0. The molecule has 104 valence electrons. The molecule has 3 aromatic rings. The number of tetrazole rings is 1. The van der Waals surface area contributed by atoms with Crippen molar-refractivity contribution in [2.75, 3.05) is 0 Å². The van der Waals surface area contributed by atoms with Gasteiger partial charge < -0.3 is 4.74 Å². The van der Waals surface area contributed by atoms with Gasteiger partial charge in [0.15, 0.2) is 0 Å². The van der Waals surface area contributed by atoms with E-state index in [1.165, 1.54) is 18.4 Å². The number of aromatic nitrogens is 7. The van der Waals surface area contributed by atoms with Crippen LogP contribution in [0.25, 0.3) is 5.69 Å². The van der Waals surface area contributed by atoms with Crippen molar-refractivity contribution in [3.05, 3.63) is 33.9 Å². The van der Waals surface area contributed by atoms with Crippen molar-refractivity contribution in [1.29, 1.82) is 0 Å². The first kappa shape index (κ1) is 11.3. The van der Waals surface area contributed by atoms with Crippen LogP contribution in [0.1, 0.15) is 7.06 Å². The molecule has 0 bridgehead atoms. The fourth-order valence-corrected chi connectivity index (χ4v) is 2.08. The van der Waals surface area contributed by atoms with Gasteiger partial charge in [0, 0.05) is 25.6 Å². The molecule has 0 unspecified atom stereocenters. The lowest BCUT2D eigenvalue weighted by atomic mass is 10.4. The number of ether oxygens (including phenoxy) is 1. The van der Waals surface area contributed by atoms with Crippen LogP contribution >= 0.6 is 11.3 Å². The molecular formula is C10H11N7O2S. The van der Waals surface area contributed by atoms with E-state index in [1.54, 1.807) is 23.3 Å². The van der Waals surface area contributed by atoms with E-state index >= 15 is 0 Å². The Kier molecular flexibility index (Phi) is 2.77. The van der Waals surface area contributed by atoms with Crippen LogP contribution in [0.2, 0.25) is 0 Å². The van der Waals surface area contributed by atoms with Crippen LogP contribution in [0.3, 0.4) is 0 Å². The van der Waals surface area contributed by atoms with Gasteiger partial charge in [0.1, 0.15) is 18.0 Å². The van der Waals surface area contributed by atoms with E-state index in [4.69, 9.17) is 6.11 Å². The Labute approximate surface area is 118 Å². The zero-order chi connectivity index (χ0) is 15.0. The molecule has 0 atom stereocenters. The van der Waals surface area contributed by atoms with Crippen molar-refractivity contribution < 1.29 is 6.11 Å². The standard InChI is InChI=1S/C10H11N7O2S/c1-15-5-8(17-10(18)16(2)13-14-17)7(12-15)6-19-9-11-3-4-20-9/h3-5H,6H2,1-2H3/i3T. The summed E-state index contributed by atoms with van der Waals surface area (Å²) in [6.45, 7) is 0.117. The maximum absolute atomic E-state index is 11.9. The van der Waals surface area contributed by atoms with Gasteiger partial charge in [0.05, 0.1) is 7.57 Å². The lowest BCUT2D eigenvalue weighted by Gasteiger charge is -2.01. The first-order valence-electron chi connectivity index (χ1n) is 6.11. The van der Waals surface area contributed by atoms with Gasteiger partial charge in [-0.1, -0.05) is 11.3 Å². The highest BCUT2D eigenvalue weighted by Crippen LogP contribution is 2.17. The monoisotopic (exact) mass is 295 g/mol. The van der Waals surface area contributed by atoms with Gasteiger partial charge in [-0.2, -0.15) is 14.5 Å². The number of hydrogen-bond acceptors (Lipinski definition) is 7. The van der Waals surface area contributed by atoms with Gasteiger partial charge in [-0.3, -0.25) is 4.68 Å². The molecular weight excluding hydrogens is 282 g/mol. The first-order valence-corrected chi connectivity index (χ1v) is 6.49. The second kappa shape index (κ2) is 4.89. The molecule has 9 nitrogen and oxygen atoms in total. The van der Waals surface area contributed by atoms with Crippen LogP contribution in [-0.4, -0.2) is 34.6 Å². The number of nitrogens with zero attached hydrogens (tertiary/aromatic N) is 7. The molecule has 0 saturated heterocycles. The normalized spacial score (nSPS) is 11.6. The Morgan fingerprint density at radius 3 is 2.95 bits per heavy atom. The quantitative estimate of drug-likeness (QED) is 0.658. The van der Waals surface area contributed by atoms with E-state index in [2.05, 4.69) is 20.5 Å². The van der Waals surface area contributed by atoms with E-state index in [9.17, 15) is 4.79 Å². The Balaban J connectivity index is 1.89. The minimum Gasteiger partial charge on any atom is -0.463 e. The Hall–Kier alpha value is -2.49. The van der Waals surface area contributed by atoms with Crippen molar-refractivity contribution in [3.63, 3.8) is 0 Å². The van der Waals surface area contributed by atoms with Gasteiger partial charge in [-0.25, -0.2) is 9.78 Å². The van der Waals surface area contributed by atoms with Gasteiger partial charge in [0.2, 0.25) is 0 Å². The predicted octanol–water partition coefficient (Wildman–Crippen LogP) is -0.265. The van der Waals surface area contributed by atoms with Gasteiger partial charge in [0.25, 0.3) is 5.19 Å². The van der Waals surface area contributed by atoms with Crippen LogP contribution in [0, 0.1) is 0 Å². The summed E-state index contributed by atoms with van der Waals surface area (Å²) in [4.78, 5) is 15.8. The Bertz CT molecular complexity index is 833. The van der Waals surface area contributed by atoms with Crippen LogP contribution in [0.5, 0.6) is 5.19 Å². The molecule has 3 heterocycles. The third-order valence-electron chi connectivity index (χ3n) is 2.53. The number of aryl methyl sites for hydroxylation is 2. The van der Waals surface area contributed by atoms with Gasteiger partial charge in [-0.05, 0) is 10.4 Å². The van der Waals surface area contributed by atoms with E-state index in [0.29, 0.717) is 16.6 Å². The zero-order valence-corrected chi connectivity index (χ0v) is 11.5. The highest BCUT2D eigenvalue weighted by molar-refractivity contribution is 7.11. The van der Waals surface area contributed by atoms with Crippen molar-refractivity contribution in [3.8, 4) is 10.9 Å². The molecule has 0 aliphatic rings. The summed E-state index contributed by atoms with van der Waals surface area (Å²) in [6.07, 6.45) is 1.81. The van der Waals surface area contributed by atoms with Gasteiger partial charge >= 0.3 is 5.69 Å². The van der Waals surface area contributed by atoms with Crippen LogP contribution in [0.15, 0.2) is 22.5 Å². The second-order valence-electron chi connectivity index (χ2n) is 3.96. The lowest BCUT2D eigenvalue weighted by molar-refractivity contribution is 0.298. The summed E-state index contributed by atoms with van der Waals surface area (Å²) in [5.74, 6) is 0. The molecule has 3 rings (SSSR count). The van der Waals surface area contributed by atoms with E-state index < -0.39 is 0 Å². The first-order chi connectivity index (χ1) is 10.0. The number of rotatable bonds is 4. The van der Waals surface area contributed by atoms with E-state index in [1.807, 2.05) is 0 Å². The van der Waals surface area contributed by atoms with Crippen molar-refractivity contribution in [2.24, 2.45) is 14.1 Å². The second-order valence-corrected chi connectivity index (χ2v) is 4.78. The summed E-state index contributed by atoms with van der Waals surface area (Å²) in [5.41, 5.74) is 0.659. The fraction of sp³-hybridized carbons (Fsp3) is 0.300. The molecule has 20 heavy (non-hydrogen) atoms. The summed E-state index contributed by atoms with van der Waals surface area (Å²) >= 11 is 1.23. The molecule has 0 fully saturated rings. The SMILES string of the molecule is [3H]c1csc(OCc2nn(C)cc2-n2nnn(C)c2=O)n1. The molecule has 0 amide bonds. The average Bonchev–Trinajstić information content (AvgIpc) is 3.10. The molecule has 3 aromatic heterocycles. The Morgan fingerprint density at radius 2 is 2.30 bits per heavy atom. The highest BCUT2D eigenvalue weighted by Gasteiger charge is 2.15. The van der Waals surface area contributed by atoms with Crippen LogP contribution in [-0.2, 0) is 20.7 Å². The third-order valence-corrected chi connectivity index (χ3v) is 3.17. The van der Waals surface area contributed by atoms with Gasteiger partial charge in [-0.15, -0.1) is 0 Å². The van der Waals surface area contributed by atoms with E-state index in [0.717, 1.165) is 9.36 Å². The molecule has 0 radical (unpaired) electrons. The average molecular weight is 295 g/mol. The van der Waals surface area contributed by atoms with Crippen molar-refractivity contribution in [1.82, 2.24) is 34.6 Å². The summed E-state index contributed by atoms with van der Waals surface area (Å²) in [5, 5.41) is 13.6. The molecule has 0 aromatic carbocycles. The van der Waals surface area contributed by atoms with Crippen LogP contribution in [0.4, 0.5) is 0 Å². The maximum atomic E-state index is 11.9. The fourth-order valence-electron chi connectivity index (χ4n) is 1.65. The summed E-state index contributed by atoms with van der Waals surface area (Å²) in [7, 11) is 3.25. The minimum absolute atomic E-state index is 0.117. The van der Waals surface area contributed by atoms with Crippen molar-refractivity contribution >= 4 is 11.3 Å². The zero-order valence-electron chi connectivity index (χ0n) is 11.7. The largest absolute Gasteiger partial charge is 0.463 e. The molecule has 0 aliphatic heterocycles. The molecule has 0 N–H and O–H groups in total. The molecule has 0 saturated carbocycles. The third kappa shape index (κ3) is 2.20. The topological polar surface area (TPSA) is 92.7 Å². The van der Waals surface area contributed by atoms with Crippen molar-refractivity contribution in [2.45, 2.75) is 6.61 Å². The molecule has 0 aliphatic carbocycles. The lowest BCUT2D eigenvalue weighted by Crippen LogP contribution is -2.22. The highest BCUT2D eigenvalue weighted by atomic mass is 32.1. The number of thiazole rings is 1. The van der Waals surface area contributed by atoms with Crippen LogP contribution < -0.4 is 10.4 Å². The van der Waals surface area contributed by atoms with E-state index in [-0.39, 0.29) is 18.5 Å². The minimum atomic E-state index is -0.369. The summed E-state index contributed by atoms with van der Waals surface area (Å²) < 4.78 is 16.7.